The Morgan fingerprint density at radius 2 is 1.95 bits per heavy atom. The van der Waals surface area contributed by atoms with Gasteiger partial charge in [-0.15, -0.1) is 22.7 Å². The lowest BCUT2D eigenvalue weighted by Crippen LogP contribution is -2.15. The number of rotatable bonds is 5. The normalized spacial score (nSPS) is 16.7. The van der Waals surface area contributed by atoms with Gasteiger partial charge in [-0.1, -0.05) is 30.3 Å². The SMILES string of the molecule is CCOC(=O)c1c(NC(=O)c2sc3nc4c(cc3c2N)CC(c2ccccc2)CC4)sc2c1CCCC2. The van der Waals surface area contributed by atoms with Crippen LogP contribution in [0.15, 0.2) is 36.4 Å². The molecule has 0 saturated heterocycles. The molecule has 6 nitrogen and oxygen atoms in total. The van der Waals surface area contributed by atoms with Crippen LogP contribution in [0.1, 0.15) is 79.4 Å². The Kier molecular flexibility index (Phi) is 6.46. The van der Waals surface area contributed by atoms with Crippen molar-refractivity contribution in [1.82, 2.24) is 4.98 Å². The van der Waals surface area contributed by atoms with Crippen molar-refractivity contribution in [3.8, 4) is 0 Å². The predicted molar refractivity (Wildman–Crippen MR) is 150 cm³/mol. The molecule has 1 aromatic carbocycles. The van der Waals surface area contributed by atoms with Crippen molar-refractivity contribution in [1.29, 1.82) is 0 Å². The van der Waals surface area contributed by atoms with Gasteiger partial charge in [-0.25, -0.2) is 9.78 Å². The van der Waals surface area contributed by atoms with Crippen LogP contribution >= 0.6 is 22.7 Å². The van der Waals surface area contributed by atoms with Gasteiger partial charge in [0.15, 0.2) is 0 Å². The number of esters is 1. The van der Waals surface area contributed by atoms with E-state index in [2.05, 4.69) is 35.6 Å². The molecule has 1 unspecified atom stereocenters. The van der Waals surface area contributed by atoms with Crippen molar-refractivity contribution < 1.29 is 14.3 Å². The fourth-order valence-corrected chi connectivity index (χ4v) is 7.87. The summed E-state index contributed by atoms with van der Waals surface area (Å²) in [5, 5.41) is 4.40. The number of nitrogens with zero attached hydrogens (tertiary/aromatic N) is 1. The van der Waals surface area contributed by atoms with Crippen LogP contribution in [-0.2, 0) is 30.4 Å². The standard InChI is InChI=1S/C29H29N3O3S2/c1-2-35-29(34)23-19-10-6-7-11-22(19)36-28(23)32-26(33)25-24(30)20-15-18-14-17(16-8-4-3-5-9-16)12-13-21(18)31-27(20)37-25/h3-5,8-9,15,17H,2,6-7,10-14,30H2,1H3,(H,32,33). The molecule has 8 heteroatoms. The number of benzene rings is 1. The van der Waals surface area contributed by atoms with Crippen LogP contribution < -0.4 is 11.1 Å². The van der Waals surface area contributed by atoms with E-state index >= 15 is 0 Å². The molecule has 4 aromatic rings. The Balaban J connectivity index is 1.31. The second-order valence-corrected chi connectivity index (χ2v) is 11.8. The monoisotopic (exact) mass is 531 g/mol. The van der Waals surface area contributed by atoms with Gasteiger partial charge in [-0.05, 0) is 80.5 Å². The highest BCUT2D eigenvalue weighted by atomic mass is 32.1. The summed E-state index contributed by atoms with van der Waals surface area (Å²) in [7, 11) is 0. The molecule has 0 bridgehead atoms. The number of carbonyl (C=O) groups is 2. The summed E-state index contributed by atoms with van der Waals surface area (Å²) in [6.45, 7) is 2.09. The van der Waals surface area contributed by atoms with Gasteiger partial charge in [-0.3, -0.25) is 4.79 Å². The third-order valence-corrected chi connectivity index (χ3v) is 9.76. The quantitative estimate of drug-likeness (QED) is 0.286. The Bertz CT molecular complexity index is 1510. The smallest absolute Gasteiger partial charge is 0.341 e. The number of pyridine rings is 1. The summed E-state index contributed by atoms with van der Waals surface area (Å²) in [4.78, 5) is 33.6. The number of amides is 1. The van der Waals surface area contributed by atoms with Crippen LogP contribution in [0, 0.1) is 0 Å². The van der Waals surface area contributed by atoms with Crippen LogP contribution in [0.5, 0.6) is 0 Å². The van der Waals surface area contributed by atoms with E-state index in [4.69, 9.17) is 15.5 Å². The number of hydrogen-bond acceptors (Lipinski definition) is 7. The van der Waals surface area contributed by atoms with Gasteiger partial charge >= 0.3 is 5.97 Å². The Morgan fingerprint density at radius 1 is 1.14 bits per heavy atom. The van der Waals surface area contributed by atoms with E-state index in [1.165, 1.54) is 33.8 Å². The minimum Gasteiger partial charge on any atom is -0.462 e. The average Bonchev–Trinajstić information content (AvgIpc) is 3.44. The van der Waals surface area contributed by atoms with Crippen LogP contribution in [0.4, 0.5) is 10.7 Å². The largest absolute Gasteiger partial charge is 0.462 e. The molecule has 190 valence electrons. The van der Waals surface area contributed by atoms with Gasteiger partial charge in [0.2, 0.25) is 0 Å². The summed E-state index contributed by atoms with van der Waals surface area (Å²) >= 11 is 2.81. The Morgan fingerprint density at radius 3 is 2.76 bits per heavy atom. The van der Waals surface area contributed by atoms with Crippen LogP contribution in [0.2, 0.25) is 0 Å². The van der Waals surface area contributed by atoms with E-state index in [0.29, 0.717) is 33.7 Å². The van der Waals surface area contributed by atoms with E-state index in [1.807, 2.05) is 6.07 Å². The minimum absolute atomic E-state index is 0.293. The molecule has 1 amide bonds. The van der Waals surface area contributed by atoms with Gasteiger partial charge in [0.05, 0.1) is 17.9 Å². The summed E-state index contributed by atoms with van der Waals surface area (Å²) < 4.78 is 5.33. The van der Waals surface area contributed by atoms with Crippen molar-refractivity contribution in [3.63, 3.8) is 0 Å². The molecule has 0 radical (unpaired) electrons. The van der Waals surface area contributed by atoms with Gasteiger partial charge < -0.3 is 15.8 Å². The highest BCUT2D eigenvalue weighted by Crippen LogP contribution is 2.41. The van der Waals surface area contributed by atoms with E-state index in [1.54, 1.807) is 6.92 Å². The third kappa shape index (κ3) is 4.42. The number of aromatic nitrogens is 1. The average molecular weight is 532 g/mol. The molecule has 0 fully saturated rings. The number of aryl methyl sites for hydroxylation is 2. The molecule has 6 rings (SSSR count). The molecule has 37 heavy (non-hydrogen) atoms. The molecule has 3 heterocycles. The Hall–Kier alpha value is -3.23. The molecular formula is C29H29N3O3S2. The molecule has 0 saturated carbocycles. The highest BCUT2D eigenvalue weighted by Gasteiger charge is 2.29. The maximum Gasteiger partial charge on any atom is 0.341 e. The zero-order valence-corrected chi connectivity index (χ0v) is 22.4. The molecule has 3 aromatic heterocycles. The van der Waals surface area contributed by atoms with Gasteiger partial charge in [0.25, 0.3) is 5.91 Å². The van der Waals surface area contributed by atoms with E-state index in [0.717, 1.165) is 71.3 Å². The molecule has 1 atom stereocenters. The van der Waals surface area contributed by atoms with E-state index in [9.17, 15) is 9.59 Å². The number of nitrogens with one attached hydrogen (secondary N) is 1. The highest BCUT2D eigenvalue weighted by molar-refractivity contribution is 7.21. The zero-order chi connectivity index (χ0) is 25.5. The Labute approximate surface area is 223 Å². The molecule has 2 aliphatic rings. The molecular weight excluding hydrogens is 502 g/mol. The van der Waals surface area contributed by atoms with Crippen LogP contribution in [0.25, 0.3) is 10.2 Å². The third-order valence-electron chi connectivity index (χ3n) is 7.44. The first kappa shape index (κ1) is 24.1. The molecule has 0 aliphatic heterocycles. The molecule has 3 N–H and O–H groups in total. The topological polar surface area (TPSA) is 94.3 Å². The van der Waals surface area contributed by atoms with Gasteiger partial charge in [0, 0.05) is 16.0 Å². The van der Waals surface area contributed by atoms with Crippen molar-refractivity contribution in [2.75, 3.05) is 17.7 Å². The lowest BCUT2D eigenvalue weighted by Gasteiger charge is -2.24. The van der Waals surface area contributed by atoms with E-state index in [-0.39, 0.29) is 11.9 Å². The fourth-order valence-electron chi connectivity index (χ4n) is 5.60. The second-order valence-electron chi connectivity index (χ2n) is 9.73. The maximum atomic E-state index is 13.5. The lowest BCUT2D eigenvalue weighted by atomic mass is 9.82. The first-order valence-electron chi connectivity index (χ1n) is 12.9. The number of hydrogen-bond donors (Lipinski definition) is 2. The number of anilines is 2. The van der Waals surface area contributed by atoms with Crippen molar-refractivity contribution >= 4 is 55.5 Å². The lowest BCUT2D eigenvalue weighted by molar-refractivity contribution is 0.0526. The number of carbonyl (C=O) groups excluding carboxylic acids is 2. The molecule has 2 aliphatic carbocycles. The van der Waals surface area contributed by atoms with E-state index < -0.39 is 0 Å². The molecule has 0 spiro atoms. The van der Waals surface area contributed by atoms with Crippen LogP contribution in [0.3, 0.4) is 0 Å². The number of nitrogen functional groups attached to an aromatic ring is 1. The van der Waals surface area contributed by atoms with Crippen molar-refractivity contribution in [2.24, 2.45) is 0 Å². The summed E-state index contributed by atoms with van der Waals surface area (Å²) in [5.74, 6) is -0.213. The summed E-state index contributed by atoms with van der Waals surface area (Å²) in [6.07, 6.45) is 6.77. The number of fused-ring (bicyclic) bond motifs is 3. The number of nitrogens with two attached hydrogens (primary N) is 1. The summed E-state index contributed by atoms with van der Waals surface area (Å²) in [6, 6.07) is 12.7. The second kappa shape index (κ2) is 9.91. The minimum atomic E-state index is -0.371. The first-order valence-corrected chi connectivity index (χ1v) is 14.6. The van der Waals surface area contributed by atoms with Gasteiger partial charge in [-0.2, -0.15) is 0 Å². The number of ether oxygens (including phenoxy) is 1. The van der Waals surface area contributed by atoms with Crippen molar-refractivity contribution in [3.05, 3.63) is 74.1 Å². The fraction of sp³-hybridized carbons (Fsp3) is 0.345. The van der Waals surface area contributed by atoms with Gasteiger partial charge in [0.1, 0.15) is 14.7 Å². The first-order chi connectivity index (χ1) is 18.0. The summed E-state index contributed by atoms with van der Waals surface area (Å²) in [5.41, 5.74) is 12.2. The maximum absolute atomic E-state index is 13.5. The zero-order valence-electron chi connectivity index (χ0n) is 20.8. The van der Waals surface area contributed by atoms with Crippen molar-refractivity contribution in [2.45, 2.75) is 57.8 Å². The van der Waals surface area contributed by atoms with Crippen LogP contribution in [-0.4, -0.2) is 23.5 Å². The number of thiophene rings is 2. The predicted octanol–water partition coefficient (Wildman–Crippen LogP) is 6.52.